The molecule has 0 saturated carbocycles. The zero-order valence-electron chi connectivity index (χ0n) is 9.77. The Morgan fingerprint density at radius 2 is 1.76 bits per heavy atom. The highest BCUT2D eigenvalue weighted by Crippen LogP contribution is 2.14. The van der Waals surface area contributed by atoms with Crippen molar-refractivity contribution < 1.29 is 13.2 Å². The predicted molar refractivity (Wildman–Crippen MR) is 61.8 cm³/mol. The van der Waals surface area contributed by atoms with Gasteiger partial charge in [-0.15, -0.1) is 0 Å². The lowest BCUT2D eigenvalue weighted by Crippen LogP contribution is -2.28. The number of benzene rings is 1. The lowest BCUT2D eigenvalue weighted by molar-refractivity contribution is -0.125. The van der Waals surface area contributed by atoms with Crippen LogP contribution in [0, 0.1) is 0 Å². The molecule has 1 aromatic rings. The van der Waals surface area contributed by atoms with Crippen molar-refractivity contribution in [2.75, 3.05) is 20.1 Å². The molecule has 5 heteroatoms. The normalized spacial score (nSPS) is 11.8. The Labute approximate surface area is 99.2 Å². The van der Waals surface area contributed by atoms with E-state index in [-0.39, 0.29) is 6.54 Å². The molecule has 96 valence electrons. The minimum absolute atomic E-state index is 0.249. The minimum Gasteiger partial charge on any atom is -0.319 e. The van der Waals surface area contributed by atoms with Crippen molar-refractivity contribution in [1.29, 1.82) is 0 Å². The highest BCUT2D eigenvalue weighted by Gasteiger charge is 2.26. The second kappa shape index (κ2) is 6.61. The summed E-state index contributed by atoms with van der Waals surface area (Å²) in [6.07, 6.45) is -3.33. The molecule has 0 heterocycles. The first-order valence-corrected chi connectivity index (χ1v) is 5.52. The first-order chi connectivity index (χ1) is 8.03. The fourth-order valence-electron chi connectivity index (χ4n) is 1.57. The summed E-state index contributed by atoms with van der Waals surface area (Å²) in [5.41, 5.74) is 2.00. The Bertz CT molecular complexity index is 337. The molecule has 0 radical (unpaired) electrons. The maximum atomic E-state index is 12.0. The lowest BCUT2D eigenvalue weighted by Gasteiger charge is -2.11. The Hall–Kier alpha value is -1.07. The van der Waals surface area contributed by atoms with Crippen LogP contribution in [0.5, 0.6) is 0 Å². The number of likely N-dealkylation sites (N-methyl/N-ethyl adjacent to an activating group) is 1. The number of halogens is 3. The largest absolute Gasteiger partial charge is 0.401 e. The molecule has 17 heavy (non-hydrogen) atoms. The van der Waals surface area contributed by atoms with Crippen LogP contribution in [0.1, 0.15) is 11.1 Å². The molecule has 1 aromatic carbocycles. The topological polar surface area (TPSA) is 24.1 Å². The summed E-state index contributed by atoms with van der Waals surface area (Å²) < 4.78 is 36.0. The zero-order valence-corrected chi connectivity index (χ0v) is 9.77. The standard InChI is InChI=1S/C12H17F3N2/c1-16-7-6-10-4-2-3-5-11(10)8-17-9-12(13,14)15/h2-5,16-17H,6-9H2,1H3. The van der Waals surface area contributed by atoms with Crippen LogP contribution in [0.3, 0.4) is 0 Å². The van der Waals surface area contributed by atoms with E-state index in [9.17, 15) is 13.2 Å². The molecule has 0 aliphatic rings. The molecule has 0 saturated heterocycles. The summed E-state index contributed by atoms with van der Waals surface area (Å²) in [7, 11) is 1.85. The van der Waals surface area contributed by atoms with Crippen LogP contribution in [0.4, 0.5) is 13.2 Å². The molecule has 0 aliphatic heterocycles. The minimum atomic E-state index is -4.15. The third-order valence-corrected chi connectivity index (χ3v) is 2.40. The van der Waals surface area contributed by atoms with Crippen molar-refractivity contribution in [2.45, 2.75) is 19.1 Å². The molecule has 0 fully saturated rings. The number of rotatable bonds is 6. The summed E-state index contributed by atoms with van der Waals surface area (Å²) in [6, 6.07) is 7.54. The van der Waals surface area contributed by atoms with Gasteiger partial charge in [0.15, 0.2) is 0 Å². The molecule has 0 aliphatic carbocycles. The van der Waals surface area contributed by atoms with Gasteiger partial charge in [0.05, 0.1) is 6.54 Å². The third-order valence-electron chi connectivity index (χ3n) is 2.40. The van der Waals surface area contributed by atoms with Gasteiger partial charge in [0.2, 0.25) is 0 Å². The number of hydrogen-bond donors (Lipinski definition) is 2. The van der Waals surface area contributed by atoms with Gasteiger partial charge in [0, 0.05) is 6.54 Å². The van der Waals surface area contributed by atoms with E-state index in [1.54, 1.807) is 0 Å². The molecule has 0 aromatic heterocycles. The highest BCUT2D eigenvalue weighted by molar-refractivity contribution is 5.27. The second-order valence-corrected chi connectivity index (χ2v) is 3.84. The second-order valence-electron chi connectivity index (χ2n) is 3.84. The Morgan fingerprint density at radius 3 is 2.35 bits per heavy atom. The molecule has 0 amide bonds. The fraction of sp³-hybridized carbons (Fsp3) is 0.500. The van der Waals surface area contributed by atoms with E-state index in [1.807, 2.05) is 31.3 Å². The van der Waals surface area contributed by atoms with Gasteiger partial charge in [-0.3, -0.25) is 0 Å². The maximum Gasteiger partial charge on any atom is 0.401 e. The molecule has 1 rings (SSSR count). The SMILES string of the molecule is CNCCc1ccccc1CNCC(F)(F)F. The van der Waals surface area contributed by atoms with Crippen molar-refractivity contribution >= 4 is 0 Å². The van der Waals surface area contributed by atoms with Gasteiger partial charge in [-0.05, 0) is 31.1 Å². The van der Waals surface area contributed by atoms with E-state index in [1.165, 1.54) is 0 Å². The van der Waals surface area contributed by atoms with Crippen LogP contribution >= 0.6 is 0 Å². The number of nitrogens with one attached hydrogen (secondary N) is 2. The van der Waals surface area contributed by atoms with E-state index >= 15 is 0 Å². The molecule has 2 nitrogen and oxygen atoms in total. The van der Waals surface area contributed by atoms with Crippen LogP contribution in [0.2, 0.25) is 0 Å². The molecular formula is C12H17F3N2. The number of hydrogen-bond acceptors (Lipinski definition) is 2. The van der Waals surface area contributed by atoms with Crippen molar-refractivity contribution in [3.63, 3.8) is 0 Å². The van der Waals surface area contributed by atoms with E-state index in [0.29, 0.717) is 0 Å². The molecule has 0 bridgehead atoms. The molecule has 0 atom stereocenters. The van der Waals surface area contributed by atoms with Crippen LogP contribution in [-0.4, -0.2) is 26.3 Å². The summed E-state index contributed by atoms with van der Waals surface area (Å²) in [6.45, 7) is 0.114. The molecule has 0 spiro atoms. The lowest BCUT2D eigenvalue weighted by atomic mass is 10.0. The summed E-state index contributed by atoms with van der Waals surface area (Å²) in [4.78, 5) is 0. The van der Waals surface area contributed by atoms with Gasteiger partial charge in [-0.1, -0.05) is 24.3 Å². The van der Waals surface area contributed by atoms with Gasteiger partial charge in [0.1, 0.15) is 0 Å². The van der Waals surface area contributed by atoms with Crippen molar-refractivity contribution in [3.05, 3.63) is 35.4 Å². The van der Waals surface area contributed by atoms with Gasteiger partial charge < -0.3 is 10.6 Å². The smallest absolute Gasteiger partial charge is 0.319 e. The Balaban J connectivity index is 2.51. The Morgan fingerprint density at radius 1 is 1.12 bits per heavy atom. The van der Waals surface area contributed by atoms with Crippen LogP contribution in [0.15, 0.2) is 24.3 Å². The first-order valence-electron chi connectivity index (χ1n) is 5.52. The summed E-state index contributed by atoms with van der Waals surface area (Å²) in [5.74, 6) is 0. The molecular weight excluding hydrogens is 229 g/mol. The molecule has 0 unspecified atom stereocenters. The van der Waals surface area contributed by atoms with Crippen molar-refractivity contribution in [2.24, 2.45) is 0 Å². The monoisotopic (exact) mass is 246 g/mol. The van der Waals surface area contributed by atoms with E-state index in [4.69, 9.17) is 0 Å². The average Bonchev–Trinajstić information content (AvgIpc) is 2.26. The maximum absolute atomic E-state index is 12.0. The van der Waals surface area contributed by atoms with Crippen molar-refractivity contribution in [1.82, 2.24) is 10.6 Å². The first kappa shape index (κ1) is 14.0. The quantitative estimate of drug-likeness (QED) is 0.803. The van der Waals surface area contributed by atoms with Crippen LogP contribution in [0.25, 0.3) is 0 Å². The third kappa shape index (κ3) is 5.70. The highest BCUT2D eigenvalue weighted by atomic mass is 19.4. The van der Waals surface area contributed by atoms with Crippen molar-refractivity contribution in [3.8, 4) is 0 Å². The van der Waals surface area contributed by atoms with E-state index < -0.39 is 12.7 Å². The molecule has 2 N–H and O–H groups in total. The predicted octanol–water partition coefficient (Wildman–Crippen LogP) is 2.10. The van der Waals surface area contributed by atoms with Gasteiger partial charge in [-0.25, -0.2) is 0 Å². The number of alkyl halides is 3. The zero-order chi connectivity index (χ0) is 12.7. The van der Waals surface area contributed by atoms with Gasteiger partial charge in [-0.2, -0.15) is 13.2 Å². The van der Waals surface area contributed by atoms with Gasteiger partial charge in [0.25, 0.3) is 0 Å². The average molecular weight is 246 g/mol. The summed E-state index contributed by atoms with van der Waals surface area (Å²) in [5, 5.41) is 5.44. The van der Waals surface area contributed by atoms with E-state index in [0.717, 1.165) is 24.1 Å². The van der Waals surface area contributed by atoms with Gasteiger partial charge >= 0.3 is 6.18 Å². The Kier molecular flexibility index (Phi) is 5.44. The summed E-state index contributed by atoms with van der Waals surface area (Å²) >= 11 is 0. The van der Waals surface area contributed by atoms with Crippen LogP contribution in [-0.2, 0) is 13.0 Å². The fourth-order valence-corrected chi connectivity index (χ4v) is 1.57. The van der Waals surface area contributed by atoms with Crippen LogP contribution < -0.4 is 10.6 Å². The van der Waals surface area contributed by atoms with E-state index in [2.05, 4.69) is 10.6 Å².